The summed E-state index contributed by atoms with van der Waals surface area (Å²) in [6.07, 6.45) is 2.18. The minimum Gasteiger partial charge on any atom is -0.354 e. The summed E-state index contributed by atoms with van der Waals surface area (Å²) >= 11 is 0. The summed E-state index contributed by atoms with van der Waals surface area (Å²) in [5, 5.41) is 2.89. The van der Waals surface area contributed by atoms with Crippen LogP contribution < -0.4 is 11.1 Å². The van der Waals surface area contributed by atoms with Crippen LogP contribution in [-0.4, -0.2) is 41.5 Å². The highest BCUT2D eigenvalue weighted by atomic mass is 16.1. The Morgan fingerprint density at radius 2 is 2.21 bits per heavy atom. The van der Waals surface area contributed by atoms with Gasteiger partial charge in [-0.2, -0.15) is 0 Å². The minimum atomic E-state index is 0.0285. The van der Waals surface area contributed by atoms with Crippen molar-refractivity contribution in [1.82, 2.24) is 15.2 Å². The molecular weight excluding hydrogens is 240 g/mol. The first-order valence-corrected chi connectivity index (χ1v) is 6.62. The Hall–Kier alpha value is -1.46. The highest BCUT2D eigenvalue weighted by molar-refractivity contribution is 5.76. The third-order valence-electron chi connectivity index (χ3n) is 2.90. The number of nitrogens with two attached hydrogens (primary N) is 1. The third-order valence-corrected chi connectivity index (χ3v) is 2.90. The second-order valence-corrected chi connectivity index (χ2v) is 5.05. The number of likely N-dealkylation sites (N-methyl/N-ethyl adjacent to an activating group) is 1. The van der Waals surface area contributed by atoms with Gasteiger partial charge in [-0.25, -0.2) is 0 Å². The molecule has 1 aromatic heterocycles. The highest BCUT2D eigenvalue weighted by Crippen LogP contribution is 2.06. The van der Waals surface area contributed by atoms with Crippen molar-refractivity contribution in [2.24, 2.45) is 5.73 Å². The molecule has 0 aromatic carbocycles. The lowest BCUT2D eigenvalue weighted by Gasteiger charge is -2.26. The van der Waals surface area contributed by atoms with E-state index in [0.29, 0.717) is 19.5 Å². The van der Waals surface area contributed by atoms with Crippen molar-refractivity contribution < 1.29 is 4.79 Å². The van der Waals surface area contributed by atoms with Crippen LogP contribution >= 0.6 is 0 Å². The Kier molecular flexibility index (Phi) is 6.45. The Bertz CT molecular complexity index is 380. The lowest BCUT2D eigenvalue weighted by Crippen LogP contribution is -2.42. The maximum atomic E-state index is 11.8. The largest absolute Gasteiger partial charge is 0.354 e. The van der Waals surface area contributed by atoms with E-state index in [-0.39, 0.29) is 18.0 Å². The van der Waals surface area contributed by atoms with Crippen molar-refractivity contribution in [3.05, 3.63) is 30.1 Å². The van der Waals surface area contributed by atoms with Crippen molar-refractivity contribution in [1.29, 1.82) is 0 Å². The van der Waals surface area contributed by atoms with E-state index in [1.165, 1.54) is 0 Å². The van der Waals surface area contributed by atoms with Crippen LogP contribution in [0.2, 0.25) is 0 Å². The molecule has 0 bridgehead atoms. The molecule has 1 amide bonds. The molecule has 3 N–H and O–H groups in total. The van der Waals surface area contributed by atoms with Gasteiger partial charge in [-0.15, -0.1) is 0 Å². The van der Waals surface area contributed by atoms with Gasteiger partial charge < -0.3 is 11.1 Å². The van der Waals surface area contributed by atoms with Crippen LogP contribution in [0.1, 0.15) is 26.0 Å². The summed E-state index contributed by atoms with van der Waals surface area (Å²) < 4.78 is 0. The molecule has 0 aliphatic rings. The summed E-state index contributed by atoms with van der Waals surface area (Å²) in [7, 11) is 1.97. The number of aromatic nitrogens is 1. The normalized spacial score (nSPS) is 12.7. The quantitative estimate of drug-likeness (QED) is 0.762. The third kappa shape index (κ3) is 5.81. The maximum absolute atomic E-state index is 11.8. The predicted octanol–water partition coefficient (Wildman–Crippen LogP) is 0.755. The number of hydrogen-bond donors (Lipinski definition) is 2. The van der Waals surface area contributed by atoms with E-state index >= 15 is 0 Å². The smallest absolute Gasteiger partial charge is 0.221 e. The Labute approximate surface area is 115 Å². The highest BCUT2D eigenvalue weighted by Gasteiger charge is 2.18. The standard InChI is InChI=1S/C14H24N4O/c1-11(2)17-14(19)8-13(9-15)18(3)10-12-6-4-5-7-16-12/h4-7,11,13H,8-10,15H2,1-3H3,(H,17,19). The SMILES string of the molecule is CC(C)NC(=O)CC(CN)N(C)Cc1ccccn1. The number of nitrogens with one attached hydrogen (secondary N) is 1. The second kappa shape index (κ2) is 7.86. The second-order valence-electron chi connectivity index (χ2n) is 5.05. The lowest BCUT2D eigenvalue weighted by molar-refractivity contribution is -0.122. The van der Waals surface area contributed by atoms with Crippen LogP contribution in [0.15, 0.2) is 24.4 Å². The molecule has 1 aromatic rings. The predicted molar refractivity (Wildman–Crippen MR) is 76.4 cm³/mol. The minimum absolute atomic E-state index is 0.0285. The van der Waals surface area contributed by atoms with Crippen LogP contribution in [0.4, 0.5) is 0 Å². The van der Waals surface area contributed by atoms with Gasteiger partial charge in [0.1, 0.15) is 0 Å². The van der Waals surface area contributed by atoms with Gasteiger partial charge >= 0.3 is 0 Å². The van der Waals surface area contributed by atoms with E-state index in [1.54, 1.807) is 6.20 Å². The number of carbonyl (C=O) groups is 1. The van der Waals surface area contributed by atoms with Gasteiger partial charge in [-0.05, 0) is 33.0 Å². The van der Waals surface area contributed by atoms with E-state index in [1.807, 2.05) is 39.1 Å². The zero-order chi connectivity index (χ0) is 14.3. The van der Waals surface area contributed by atoms with Gasteiger partial charge in [0.2, 0.25) is 5.91 Å². The first-order valence-electron chi connectivity index (χ1n) is 6.62. The van der Waals surface area contributed by atoms with Gasteiger partial charge in [-0.1, -0.05) is 6.07 Å². The van der Waals surface area contributed by atoms with Crippen LogP contribution in [0.5, 0.6) is 0 Å². The van der Waals surface area contributed by atoms with Crippen molar-refractivity contribution in [2.75, 3.05) is 13.6 Å². The molecule has 0 saturated heterocycles. The average molecular weight is 264 g/mol. The van der Waals surface area contributed by atoms with Crippen molar-refractivity contribution in [3.8, 4) is 0 Å². The summed E-state index contributed by atoms with van der Waals surface area (Å²) in [5.41, 5.74) is 6.74. The Balaban J connectivity index is 2.52. The molecule has 1 atom stereocenters. The molecule has 0 fully saturated rings. The van der Waals surface area contributed by atoms with Gasteiger partial charge in [0.15, 0.2) is 0 Å². The van der Waals surface area contributed by atoms with Gasteiger partial charge in [0.05, 0.1) is 5.69 Å². The molecule has 1 heterocycles. The van der Waals surface area contributed by atoms with E-state index in [0.717, 1.165) is 5.69 Å². The molecule has 1 unspecified atom stereocenters. The van der Waals surface area contributed by atoms with E-state index in [9.17, 15) is 4.79 Å². The molecule has 0 spiro atoms. The Morgan fingerprint density at radius 3 is 2.74 bits per heavy atom. The first kappa shape index (κ1) is 15.6. The van der Waals surface area contributed by atoms with Crippen LogP contribution in [0, 0.1) is 0 Å². The molecule has 106 valence electrons. The molecule has 0 saturated carbocycles. The van der Waals surface area contributed by atoms with Crippen LogP contribution in [0.3, 0.4) is 0 Å². The molecule has 1 rings (SSSR count). The maximum Gasteiger partial charge on any atom is 0.221 e. The molecule has 19 heavy (non-hydrogen) atoms. The number of nitrogens with zero attached hydrogens (tertiary/aromatic N) is 2. The molecule has 0 radical (unpaired) electrons. The number of hydrogen-bond acceptors (Lipinski definition) is 4. The monoisotopic (exact) mass is 264 g/mol. The van der Waals surface area contributed by atoms with Crippen LogP contribution in [-0.2, 0) is 11.3 Å². The van der Waals surface area contributed by atoms with Gasteiger partial charge in [0, 0.05) is 37.8 Å². The molecule has 0 aliphatic carbocycles. The summed E-state index contributed by atoms with van der Waals surface area (Å²) in [5.74, 6) is 0.0401. The summed E-state index contributed by atoms with van der Waals surface area (Å²) in [6.45, 7) is 5.05. The van der Waals surface area contributed by atoms with E-state index in [4.69, 9.17) is 5.73 Å². The molecule has 5 nitrogen and oxygen atoms in total. The fraction of sp³-hybridized carbons (Fsp3) is 0.571. The van der Waals surface area contributed by atoms with Crippen LogP contribution in [0.25, 0.3) is 0 Å². The van der Waals surface area contributed by atoms with E-state index < -0.39 is 0 Å². The zero-order valence-electron chi connectivity index (χ0n) is 12.0. The molecule has 0 aliphatic heterocycles. The first-order chi connectivity index (χ1) is 9.02. The Morgan fingerprint density at radius 1 is 1.47 bits per heavy atom. The van der Waals surface area contributed by atoms with E-state index in [2.05, 4.69) is 15.2 Å². The van der Waals surface area contributed by atoms with Crippen molar-refractivity contribution in [2.45, 2.75) is 38.9 Å². The zero-order valence-corrected chi connectivity index (χ0v) is 12.0. The molecular formula is C14H24N4O. The topological polar surface area (TPSA) is 71.2 Å². The number of carbonyl (C=O) groups excluding carboxylic acids is 1. The van der Waals surface area contributed by atoms with Crippen molar-refractivity contribution >= 4 is 5.91 Å². The number of pyridine rings is 1. The fourth-order valence-electron chi connectivity index (χ4n) is 1.89. The molecule has 5 heteroatoms. The summed E-state index contributed by atoms with van der Waals surface area (Å²) in [4.78, 5) is 18.1. The van der Waals surface area contributed by atoms with Crippen molar-refractivity contribution in [3.63, 3.8) is 0 Å². The fourth-order valence-corrected chi connectivity index (χ4v) is 1.89. The number of amides is 1. The van der Waals surface area contributed by atoms with Gasteiger partial charge in [0.25, 0.3) is 0 Å². The summed E-state index contributed by atoms with van der Waals surface area (Å²) in [6, 6.07) is 6.00. The lowest BCUT2D eigenvalue weighted by atomic mass is 10.1. The number of rotatable bonds is 7. The van der Waals surface area contributed by atoms with Gasteiger partial charge in [-0.3, -0.25) is 14.7 Å². The average Bonchev–Trinajstić information content (AvgIpc) is 2.36.